The Hall–Kier alpha value is -0.530. The first kappa shape index (κ1) is 7.47. The smallest absolute Gasteiger partial charge is 0.0492 e. The summed E-state index contributed by atoms with van der Waals surface area (Å²) in [6.45, 7) is 6.10. The van der Waals surface area contributed by atoms with Gasteiger partial charge in [0, 0.05) is 11.6 Å². The highest BCUT2D eigenvalue weighted by Crippen LogP contribution is 2.15. The summed E-state index contributed by atoms with van der Waals surface area (Å²) in [5, 5.41) is 11.1. The molecule has 0 radical (unpaired) electrons. The molecule has 2 nitrogen and oxygen atoms in total. The second kappa shape index (κ2) is 2.70. The Bertz CT molecular complexity index is 86.5. The van der Waals surface area contributed by atoms with Gasteiger partial charge >= 0.3 is 0 Å². The summed E-state index contributed by atoms with van der Waals surface area (Å²) >= 11 is 0. The van der Waals surface area contributed by atoms with Gasteiger partial charge in [-0.15, -0.1) is 5.16 Å². The van der Waals surface area contributed by atoms with Crippen LogP contribution in [-0.4, -0.2) is 11.4 Å². The van der Waals surface area contributed by atoms with Crippen molar-refractivity contribution in [1.29, 1.82) is 0 Å². The number of nitrogens with zero attached hydrogens (tertiary/aromatic N) is 1. The van der Waals surface area contributed by atoms with Crippen molar-refractivity contribution in [1.82, 2.24) is 0 Å². The first-order chi connectivity index (χ1) is 3.62. The fourth-order valence-electron chi connectivity index (χ4n) is 0.248. The highest BCUT2D eigenvalue weighted by molar-refractivity contribution is 5.63. The summed E-state index contributed by atoms with van der Waals surface area (Å²) in [6.07, 6.45) is 2.55. The summed E-state index contributed by atoms with van der Waals surface area (Å²) in [5.41, 5.74) is 0.0503. The summed E-state index contributed by atoms with van der Waals surface area (Å²) in [4.78, 5) is 0. The molecular formula is C6H13NO. The molecule has 0 aromatic carbocycles. The minimum atomic E-state index is 0.0503. The van der Waals surface area contributed by atoms with Gasteiger partial charge in [0.2, 0.25) is 0 Å². The Morgan fingerprint density at radius 3 is 2.25 bits per heavy atom. The molecule has 1 N–H and O–H groups in total. The Morgan fingerprint density at radius 2 is 2.12 bits per heavy atom. The van der Waals surface area contributed by atoms with Gasteiger partial charge in [-0.1, -0.05) is 20.8 Å². The van der Waals surface area contributed by atoms with Gasteiger partial charge in [0.1, 0.15) is 0 Å². The average Bonchev–Trinajstić information content (AvgIpc) is 1.67. The molecule has 0 amide bonds. The third kappa shape index (κ3) is 2.61. The van der Waals surface area contributed by atoms with E-state index in [0.717, 1.165) is 6.42 Å². The lowest BCUT2D eigenvalue weighted by molar-refractivity contribution is 0.313. The molecule has 0 unspecified atom stereocenters. The lowest BCUT2D eigenvalue weighted by atomic mass is 9.92. The van der Waals surface area contributed by atoms with Crippen LogP contribution in [0, 0.1) is 5.41 Å². The SMILES string of the molecule is CCC(C)(C)/C=N\O. The van der Waals surface area contributed by atoms with Crippen LogP contribution in [0.25, 0.3) is 0 Å². The first-order valence-electron chi connectivity index (χ1n) is 2.81. The van der Waals surface area contributed by atoms with Gasteiger partial charge in [-0.25, -0.2) is 0 Å². The Kier molecular flexibility index (Phi) is 2.52. The van der Waals surface area contributed by atoms with Crippen molar-refractivity contribution in [3.05, 3.63) is 0 Å². The van der Waals surface area contributed by atoms with E-state index in [-0.39, 0.29) is 5.41 Å². The van der Waals surface area contributed by atoms with E-state index in [1.54, 1.807) is 6.21 Å². The minimum Gasteiger partial charge on any atom is -0.411 e. The number of oxime groups is 1. The van der Waals surface area contributed by atoms with E-state index in [1.807, 2.05) is 13.8 Å². The van der Waals surface area contributed by atoms with Crippen molar-refractivity contribution >= 4 is 6.21 Å². The summed E-state index contributed by atoms with van der Waals surface area (Å²) < 4.78 is 0. The van der Waals surface area contributed by atoms with E-state index in [1.165, 1.54) is 0 Å². The molecule has 0 aliphatic carbocycles. The van der Waals surface area contributed by atoms with Gasteiger partial charge in [0.15, 0.2) is 0 Å². The number of hydrogen-bond acceptors (Lipinski definition) is 2. The van der Waals surface area contributed by atoms with Crippen molar-refractivity contribution in [3.8, 4) is 0 Å². The number of rotatable bonds is 2. The molecule has 0 fully saturated rings. The lowest BCUT2D eigenvalue weighted by Gasteiger charge is -2.13. The van der Waals surface area contributed by atoms with Crippen molar-refractivity contribution in [2.75, 3.05) is 0 Å². The van der Waals surface area contributed by atoms with Crippen LogP contribution in [0.5, 0.6) is 0 Å². The molecule has 0 spiro atoms. The predicted octanol–water partition coefficient (Wildman–Crippen LogP) is 1.88. The third-order valence-corrected chi connectivity index (χ3v) is 1.32. The molecule has 0 aliphatic rings. The van der Waals surface area contributed by atoms with Crippen LogP contribution in [0.2, 0.25) is 0 Å². The van der Waals surface area contributed by atoms with Crippen LogP contribution in [0.4, 0.5) is 0 Å². The summed E-state index contributed by atoms with van der Waals surface area (Å²) in [5.74, 6) is 0. The zero-order chi connectivity index (χ0) is 6.62. The van der Waals surface area contributed by atoms with Gasteiger partial charge < -0.3 is 5.21 Å². The summed E-state index contributed by atoms with van der Waals surface area (Å²) in [7, 11) is 0. The molecule has 0 bridgehead atoms. The predicted molar refractivity (Wildman–Crippen MR) is 34.4 cm³/mol. The maximum absolute atomic E-state index is 8.10. The maximum atomic E-state index is 8.10. The van der Waals surface area contributed by atoms with Crippen LogP contribution in [0.3, 0.4) is 0 Å². The second-order valence-electron chi connectivity index (χ2n) is 2.59. The molecule has 0 atom stereocenters. The topological polar surface area (TPSA) is 32.6 Å². The molecule has 48 valence electrons. The monoisotopic (exact) mass is 115 g/mol. The van der Waals surface area contributed by atoms with Gasteiger partial charge in [0.25, 0.3) is 0 Å². The van der Waals surface area contributed by atoms with Gasteiger partial charge in [0.05, 0.1) is 0 Å². The van der Waals surface area contributed by atoms with Gasteiger partial charge in [-0.05, 0) is 6.42 Å². The standard InChI is InChI=1S/C6H13NO/c1-4-6(2,3)5-7-8/h5,8H,4H2,1-3H3/b7-5-. The van der Waals surface area contributed by atoms with Crippen LogP contribution in [0.15, 0.2) is 5.16 Å². The van der Waals surface area contributed by atoms with Gasteiger partial charge in [-0.2, -0.15) is 0 Å². The number of hydrogen-bond donors (Lipinski definition) is 1. The highest BCUT2D eigenvalue weighted by Gasteiger charge is 2.10. The average molecular weight is 115 g/mol. The Balaban J connectivity index is 3.71. The fourth-order valence-corrected chi connectivity index (χ4v) is 0.248. The zero-order valence-corrected chi connectivity index (χ0v) is 5.68. The van der Waals surface area contributed by atoms with Gasteiger partial charge in [-0.3, -0.25) is 0 Å². The van der Waals surface area contributed by atoms with E-state index >= 15 is 0 Å². The van der Waals surface area contributed by atoms with Crippen LogP contribution >= 0.6 is 0 Å². The van der Waals surface area contributed by atoms with Crippen molar-refractivity contribution in [2.24, 2.45) is 10.6 Å². The molecular weight excluding hydrogens is 102 g/mol. The highest BCUT2D eigenvalue weighted by atomic mass is 16.4. The molecule has 8 heavy (non-hydrogen) atoms. The van der Waals surface area contributed by atoms with Crippen LogP contribution in [-0.2, 0) is 0 Å². The quantitative estimate of drug-likeness (QED) is 0.332. The molecule has 0 aromatic rings. The lowest BCUT2D eigenvalue weighted by Crippen LogP contribution is -2.10. The molecule has 0 heterocycles. The van der Waals surface area contributed by atoms with Crippen LogP contribution < -0.4 is 0 Å². The molecule has 0 saturated carbocycles. The molecule has 0 aliphatic heterocycles. The molecule has 0 saturated heterocycles. The van der Waals surface area contributed by atoms with E-state index in [0.29, 0.717) is 0 Å². The zero-order valence-electron chi connectivity index (χ0n) is 5.68. The second-order valence-corrected chi connectivity index (χ2v) is 2.59. The summed E-state index contributed by atoms with van der Waals surface area (Å²) in [6, 6.07) is 0. The van der Waals surface area contributed by atoms with Crippen molar-refractivity contribution in [3.63, 3.8) is 0 Å². The van der Waals surface area contributed by atoms with Crippen molar-refractivity contribution < 1.29 is 5.21 Å². The third-order valence-electron chi connectivity index (χ3n) is 1.32. The minimum absolute atomic E-state index is 0.0503. The van der Waals surface area contributed by atoms with E-state index in [4.69, 9.17) is 5.21 Å². The van der Waals surface area contributed by atoms with E-state index in [9.17, 15) is 0 Å². The van der Waals surface area contributed by atoms with E-state index < -0.39 is 0 Å². The Labute approximate surface area is 50.2 Å². The van der Waals surface area contributed by atoms with Crippen LogP contribution in [0.1, 0.15) is 27.2 Å². The Morgan fingerprint density at radius 1 is 1.62 bits per heavy atom. The van der Waals surface area contributed by atoms with E-state index in [2.05, 4.69) is 12.1 Å². The molecule has 0 aromatic heterocycles. The first-order valence-corrected chi connectivity index (χ1v) is 2.81. The normalized spacial score (nSPS) is 12.9. The fraction of sp³-hybridized carbons (Fsp3) is 0.833. The molecule has 0 rings (SSSR count). The van der Waals surface area contributed by atoms with Crippen molar-refractivity contribution in [2.45, 2.75) is 27.2 Å². The largest absolute Gasteiger partial charge is 0.411 e. The maximum Gasteiger partial charge on any atom is 0.0492 e. The molecule has 2 heteroatoms.